The number of anilines is 1. The third-order valence-corrected chi connectivity index (χ3v) is 6.37. The highest BCUT2D eigenvalue weighted by Crippen LogP contribution is 2.43. The molecule has 34 heavy (non-hydrogen) atoms. The molecule has 2 N–H and O–H groups in total. The molecule has 3 aromatic carbocycles. The van der Waals surface area contributed by atoms with Gasteiger partial charge in [-0.2, -0.15) is 10.1 Å². The summed E-state index contributed by atoms with van der Waals surface area (Å²) in [6.45, 7) is 0. The van der Waals surface area contributed by atoms with Gasteiger partial charge < -0.3 is 4.74 Å². The summed E-state index contributed by atoms with van der Waals surface area (Å²) in [7, 11) is 1.64. The molecule has 8 heteroatoms. The molecule has 0 radical (unpaired) electrons. The van der Waals surface area contributed by atoms with Crippen LogP contribution in [0.1, 0.15) is 0 Å². The molecule has 7 nitrogen and oxygen atoms in total. The fraction of sp³-hybridized carbons (Fsp3) is 0.0769. The van der Waals surface area contributed by atoms with Crippen molar-refractivity contribution in [2.75, 3.05) is 18.2 Å². The van der Waals surface area contributed by atoms with Crippen LogP contribution in [-0.4, -0.2) is 38.9 Å². The van der Waals surface area contributed by atoms with E-state index in [0.717, 1.165) is 43.9 Å². The summed E-state index contributed by atoms with van der Waals surface area (Å²) >= 11 is 1.44. The predicted molar refractivity (Wildman–Crippen MR) is 135 cm³/mol. The Bertz CT molecular complexity index is 1440. The molecule has 0 saturated heterocycles. The summed E-state index contributed by atoms with van der Waals surface area (Å²) in [4.78, 5) is 22.6. The van der Waals surface area contributed by atoms with Crippen molar-refractivity contribution in [2.45, 2.75) is 4.90 Å². The molecule has 5 aromatic rings. The van der Waals surface area contributed by atoms with Crippen LogP contribution in [0.5, 0.6) is 5.75 Å². The van der Waals surface area contributed by atoms with Gasteiger partial charge in [-0.3, -0.25) is 10.1 Å². The van der Waals surface area contributed by atoms with E-state index >= 15 is 0 Å². The lowest BCUT2D eigenvalue weighted by Crippen LogP contribution is -2.15. The molecule has 5 rings (SSSR count). The molecule has 1 amide bonds. The highest BCUT2D eigenvalue weighted by Gasteiger charge is 2.20. The Morgan fingerprint density at radius 2 is 1.79 bits per heavy atom. The number of carbonyl (C=O) groups is 1. The van der Waals surface area contributed by atoms with Gasteiger partial charge in [-0.25, -0.2) is 10.1 Å². The number of ether oxygens (including phenoxy) is 1. The van der Waals surface area contributed by atoms with Crippen LogP contribution in [0.25, 0.3) is 33.3 Å². The zero-order chi connectivity index (χ0) is 23.3. The number of hydrogen-bond acceptors (Lipinski definition) is 6. The number of benzene rings is 3. The molecular formula is C26H21N5O2S. The first-order chi connectivity index (χ1) is 16.7. The van der Waals surface area contributed by atoms with Gasteiger partial charge in [0.05, 0.1) is 24.1 Å². The molecule has 0 aliphatic rings. The topological polar surface area (TPSA) is 92.8 Å². The van der Waals surface area contributed by atoms with Crippen LogP contribution < -0.4 is 10.1 Å². The second-order valence-corrected chi connectivity index (χ2v) is 8.44. The summed E-state index contributed by atoms with van der Waals surface area (Å²) < 4.78 is 5.46. The Balaban J connectivity index is 1.66. The molecule has 0 aliphatic heterocycles. The van der Waals surface area contributed by atoms with E-state index < -0.39 is 0 Å². The summed E-state index contributed by atoms with van der Waals surface area (Å²) in [6.07, 6.45) is 1.35. The van der Waals surface area contributed by atoms with Gasteiger partial charge in [0, 0.05) is 21.4 Å². The molecule has 2 aromatic heterocycles. The monoisotopic (exact) mass is 467 g/mol. The van der Waals surface area contributed by atoms with E-state index in [2.05, 4.69) is 38.7 Å². The number of thioether (sulfide) groups is 1. The molecule has 0 spiro atoms. The second-order valence-electron chi connectivity index (χ2n) is 7.45. The van der Waals surface area contributed by atoms with Gasteiger partial charge in [0.25, 0.3) is 0 Å². The van der Waals surface area contributed by atoms with Crippen LogP contribution in [-0.2, 0) is 4.79 Å². The average molecular weight is 468 g/mol. The maximum Gasteiger partial charge on any atom is 0.237 e. The molecule has 0 bridgehead atoms. The molecule has 0 unspecified atom stereocenters. The van der Waals surface area contributed by atoms with Gasteiger partial charge in [-0.05, 0) is 23.8 Å². The van der Waals surface area contributed by atoms with Crippen molar-refractivity contribution in [3.05, 3.63) is 85.2 Å². The van der Waals surface area contributed by atoms with E-state index in [0.29, 0.717) is 5.95 Å². The zero-order valence-electron chi connectivity index (χ0n) is 18.4. The molecule has 2 heterocycles. The number of carbonyl (C=O) groups excluding carboxylic acids is 1. The first-order valence-corrected chi connectivity index (χ1v) is 11.6. The Labute approximate surface area is 200 Å². The number of aromatic amines is 1. The Hall–Kier alpha value is -4.17. The van der Waals surface area contributed by atoms with Crippen molar-refractivity contribution in [1.29, 1.82) is 0 Å². The summed E-state index contributed by atoms with van der Waals surface area (Å²) in [5.74, 6) is 1.05. The van der Waals surface area contributed by atoms with Gasteiger partial charge in [0.2, 0.25) is 11.9 Å². The van der Waals surface area contributed by atoms with E-state index in [-0.39, 0.29) is 11.7 Å². The van der Waals surface area contributed by atoms with Crippen molar-refractivity contribution in [3.63, 3.8) is 0 Å². The number of amides is 1. The number of nitrogens with one attached hydrogen (secondary N) is 2. The lowest BCUT2D eigenvalue weighted by Gasteiger charge is -2.18. The first-order valence-electron chi connectivity index (χ1n) is 10.6. The van der Waals surface area contributed by atoms with E-state index in [1.54, 1.807) is 7.11 Å². The summed E-state index contributed by atoms with van der Waals surface area (Å²) in [5, 5.41) is 10.2. The molecule has 0 fully saturated rings. The minimum absolute atomic E-state index is 0.178. The second kappa shape index (κ2) is 9.76. The Morgan fingerprint density at radius 3 is 2.59 bits per heavy atom. The molecule has 0 aliphatic carbocycles. The number of H-pyrrole nitrogens is 1. The summed E-state index contributed by atoms with van der Waals surface area (Å²) in [6, 6.07) is 26.1. The van der Waals surface area contributed by atoms with Gasteiger partial charge in [-0.1, -0.05) is 60.7 Å². The van der Waals surface area contributed by atoms with Crippen LogP contribution in [0.4, 0.5) is 5.95 Å². The third-order valence-electron chi connectivity index (χ3n) is 5.27. The van der Waals surface area contributed by atoms with Gasteiger partial charge in [0.15, 0.2) is 0 Å². The largest absolute Gasteiger partial charge is 0.497 e. The van der Waals surface area contributed by atoms with Crippen LogP contribution in [0.3, 0.4) is 0 Å². The van der Waals surface area contributed by atoms with Crippen molar-refractivity contribution in [1.82, 2.24) is 20.2 Å². The summed E-state index contributed by atoms with van der Waals surface area (Å²) in [5.41, 5.74) is 4.70. The Morgan fingerprint density at radius 1 is 1.00 bits per heavy atom. The van der Waals surface area contributed by atoms with E-state index in [1.807, 2.05) is 60.7 Å². The minimum atomic E-state index is -0.189. The van der Waals surface area contributed by atoms with E-state index in [4.69, 9.17) is 9.72 Å². The van der Waals surface area contributed by atoms with Crippen LogP contribution in [0.15, 0.2) is 90.1 Å². The molecule has 168 valence electrons. The van der Waals surface area contributed by atoms with Crippen LogP contribution >= 0.6 is 11.8 Å². The number of rotatable bonds is 7. The number of aromatic nitrogens is 4. The number of nitrogens with zero attached hydrogens (tertiary/aromatic N) is 3. The van der Waals surface area contributed by atoms with E-state index in [9.17, 15) is 4.79 Å². The van der Waals surface area contributed by atoms with Crippen molar-refractivity contribution < 1.29 is 9.53 Å². The Kier molecular flexibility index (Phi) is 6.22. The lowest BCUT2D eigenvalue weighted by molar-refractivity contribution is -0.113. The maximum absolute atomic E-state index is 12.7. The van der Waals surface area contributed by atoms with Crippen molar-refractivity contribution in [2.24, 2.45) is 0 Å². The van der Waals surface area contributed by atoms with E-state index in [1.165, 1.54) is 18.1 Å². The standard InChI is InChI=1S/C26H21N5O2S/c1-33-19-11-7-10-18(14-19)24-25(34-15-22(32)30-26-27-16-28-31-26)23(17-8-3-2-4-9-17)20-12-5-6-13-21(20)29-24/h2-14,16H,15H2,1H3,(H2,27,28,30,31,32). The zero-order valence-corrected chi connectivity index (χ0v) is 19.2. The normalized spacial score (nSPS) is 10.9. The molecular weight excluding hydrogens is 446 g/mol. The predicted octanol–water partition coefficient (Wildman–Crippen LogP) is 5.43. The number of para-hydroxylation sites is 1. The van der Waals surface area contributed by atoms with Crippen LogP contribution in [0.2, 0.25) is 0 Å². The average Bonchev–Trinajstić information content (AvgIpc) is 3.40. The van der Waals surface area contributed by atoms with Crippen molar-refractivity contribution >= 4 is 34.5 Å². The highest BCUT2D eigenvalue weighted by atomic mass is 32.2. The quantitative estimate of drug-likeness (QED) is 0.310. The number of hydrogen-bond donors (Lipinski definition) is 2. The first kappa shape index (κ1) is 21.7. The fourth-order valence-electron chi connectivity index (χ4n) is 3.76. The highest BCUT2D eigenvalue weighted by molar-refractivity contribution is 8.00. The maximum atomic E-state index is 12.7. The van der Waals surface area contributed by atoms with Gasteiger partial charge >= 0.3 is 0 Å². The molecule has 0 saturated carbocycles. The number of methoxy groups -OCH3 is 1. The van der Waals surface area contributed by atoms with Gasteiger partial charge in [0.1, 0.15) is 12.1 Å². The smallest absolute Gasteiger partial charge is 0.237 e. The SMILES string of the molecule is COc1cccc(-c2nc3ccccc3c(-c3ccccc3)c2SCC(=O)Nc2ncn[nH]2)c1. The minimum Gasteiger partial charge on any atom is -0.497 e. The lowest BCUT2D eigenvalue weighted by atomic mass is 9.98. The number of pyridine rings is 1. The van der Waals surface area contributed by atoms with Gasteiger partial charge in [-0.15, -0.1) is 11.8 Å². The fourth-order valence-corrected chi connectivity index (χ4v) is 4.78. The number of fused-ring (bicyclic) bond motifs is 1. The molecule has 0 atom stereocenters. The van der Waals surface area contributed by atoms with Crippen molar-refractivity contribution in [3.8, 4) is 28.1 Å². The van der Waals surface area contributed by atoms with Crippen LogP contribution in [0, 0.1) is 0 Å². The third kappa shape index (κ3) is 4.49.